The number of carbonyl (C=O) groups excluding carboxylic acids is 1. The van der Waals surface area contributed by atoms with Gasteiger partial charge in [-0.2, -0.15) is 0 Å². The molecule has 0 aliphatic heterocycles. The Hall–Kier alpha value is -1.67. The summed E-state index contributed by atoms with van der Waals surface area (Å²) in [6.07, 6.45) is 0. The molecule has 5 nitrogen and oxygen atoms in total. The first-order valence-corrected chi connectivity index (χ1v) is 8.07. The molecule has 2 aromatic carbocycles. The molecule has 0 atom stereocenters. The SMILES string of the molecule is O=C(NNS(=O)(=O)c1ccc(F)c(Cl)c1)c1ccccc1Cl. The van der Waals surface area contributed by atoms with E-state index in [9.17, 15) is 17.6 Å². The molecular formula is C13H9Cl2FN2O3S. The van der Waals surface area contributed by atoms with E-state index in [0.717, 1.165) is 18.2 Å². The zero-order valence-electron chi connectivity index (χ0n) is 10.8. The van der Waals surface area contributed by atoms with Gasteiger partial charge in [0.05, 0.1) is 20.5 Å². The summed E-state index contributed by atoms with van der Waals surface area (Å²) in [4.78, 5) is 13.4. The lowest BCUT2D eigenvalue weighted by Crippen LogP contribution is -2.41. The molecule has 2 aromatic rings. The number of nitrogens with one attached hydrogen (secondary N) is 2. The fraction of sp³-hybridized carbons (Fsp3) is 0. The van der Waals surface area contributed by atoms with Crippen LogP contribution in [0.2, 0.25) is 10.0 Å². The van der Waals surface area contributed by atoms with Gasteiger partial charge in [-0.05, 0) is 30.3 Å². The number of hydrogen-bond acceptors (Lipinski definition) is 3. The van der Waals surface area contributed by atoms with Crippen molar-refractivity contribution in [1.82, 2.24) is 10.3 Å². The van der Waals surface area contributed by atoms with Crippen LogP contribution >= 0.6 is 23.2 Å². The van der Waals surface area contributed by atoms with Gasteiger partial charge in [-0.1, -0.05) is 35.3 Å². The summed E-state index contributed by atoms with van der Waals surface area (Å²) < 4.78 is 37.0. The van der Waals surface area contributed by atoms with Crippen LogP contribution in [-0.4, -0.2) is 14.3 Å². The fourth-order valence-electron chi connectivity index (χ4n) is 1.53. The van der Waals surface area contributed by atoms with Crippen LogP contribution in [-0.2, 0) is 10.0 Å². The van der Waals surface area contributed by atoms with Crippen molar-refractivity contribution in [2.75, 3.05) is 0 Å². The Labute approximate surface area is 136 Å². The number of carbonyl (C=O) groups is 1. The lowest BCUT2D eigenvalue weighted by Gasteiger charge is -2.09. The first-order chi connectivity index (χ1) is 10.3. The van der Waals surface area contributed by atoms with Crippen molar-refractivity contribution in [3.63, 3.8) is 0 Å². The molecule has 0 spiro atoms. The molecule has 0 saturated heterocycles. The molecule has 2 N–H and O–H groups in total. The molecule has 0 radical (unpaired) electrons. The minimum Gasteiger partial charge on any atom is -0.273 e. The Balaban J connectivity index is 2.14. The third-order valence-corrected chi connectivity index (χ3v) is 4.48. The topological polar surface area (TPSA) is 75.3 Å². The molecule has 0 unspecified atom stereocenters. The molecule has 22 heavy (non-hydrogen) atoms. The first kappa shape index (κ1) is 16.7. The molecule has 0 heterocycles. The second-order valence-corrected chi connectivity index (χ2v) is 6.61. The maximum atomic E-state index is 13.0. The molecule has 0 aromatic heterocycles. The molecule has 0 aliphatic rings. The molecule has 116 valence electrons. The Morgan fingerprint density at radius 1 is 1.05 bits per heavy atom. The summed E-state index contributed by atoms with van der Waals surface area (Å²) in [6, 6.07) is 8.99. The molecule has 0 saturated carbocycles. The van der Waals surface area contributed by atoms with Crippen LogP contribution in [0, 0.1) is 5.82 Å². The minimum absolute atomic E-state index is 0.101. The van der Waals surface area contributed by atoms with Crippen molar-refractivity contribution in [1.29, 1.82) is 0 Å². The molecule has 1 amide bonds. The van der Waals surface area contributed by atoms with E-state index < -0.39 is 21.7 Å². The predicted octanol–water partition coefficient (Wildman–Crippen LogP) is 2.76. The number of hydrazine groups is 1. The van der Waals surface area contributed by atoms with Gasteiger partial charge in [0.25, 0.3) is 15.9 Å². The van der Waals surface area contributed by atoms with Gasteiger partial charge in [0.2, 0.25) is 0 Å². The average Bonchev–Trinajstić information content (AvgIpc) is 2.48. The second-order valence-electron chi connectivity index (χ2n) is 4.12. The van der Waals surface area contributed by atoms with Crippen molar-refractivity contribution >= 4 is 39.1 Å². The maximum absolute atomic E-state index is 13.0. The number of amides is 1. The quantitative estimate of drug-likeness (QED) is 0.821. The summed E-state index contributed by atoms with van der Waals surface area (Å²) in [6.45, 7) is 0. The number of sulfonamides is 1. The zero-order chi connectivity index (χ0) is 16.3. The van der Waals surface area contributed by atoms with E-state index >= 15 is 0 Å². The van der Waals surface area contributed by atoms with Crippen LogP contribution in [0.25, 0.3) is 0 Å². The minimum atomic E-state index is -4.09. The van der Waals surface area contributed by atoms with Gasteiger partial charge in [-0.25, -0.2) is 12.8 Å². The Morgan fingerprint density at radius 2 is 1.73 bits per heavy atom. The normalized spacial score (nSPS) is 11.2. The molecule has 0 fully saturated rings. The van der Waals surface area contributed by atoms with Crippen LogP contribution in [0.1, 0.15) is 10.4 Å². The summed E-state index contributed by atoms with van der Waals surface area (Å²) in [7, 11) is -4.09. The van der Waals surface area contributed by atoms with E-state index in [0.29, 0.717) is 0 Å². The summed E-state index contributed by atoms with van der Waals surface area (Å²) >= 11 is 11.4. The molecule has 2 rings (SSSR count). The highest BCUT2D eigenvalue weighted by atomic mass is 35.5. The predicted molar refractivity (Wildman–Crippen MR) is 80.6 cm³/mol. The largest absolute Gasteiger partial charge is 0.273 e. The van der Waals surface area contributed by atoms with E-state index in [1.54, 1.807) is 12.1 Å². The second kappa shape index (κ2) is 6.62. The fourth-order valence-corrected chi connectivity index (χ4v) is 2.86. The smallest absolute Gasteiger partial charge is 0.267 e. The van der Waals surface area contributed by atoms with Crippen LogP contribution in [0.4, 0.5) is 4.39 Å². The van der Waals surface area contributed by atoms with Crippen molar-refractivity contribution in [3.05, 3.63) is 63.9 Å². The van der Waals surface area contributed by atoms with Gasteiger partial charge in [-0.3, -0.25) is 10.2 Å². The van der Waals surface area contributed by atoms with Gasteiger partial charge in [0.1, 0.15) is 5.82 Å². The average molecular weight is 363 g/mol. The monoisotopic (exact) mass is 362 g/mol. The number of benzene rings is 2. The lowest BCUT2D eigenvalue weighted by molar-refractivity contribution is 0.0945. The molecular weight excluding hydrogens is 354 g/mol. The van der Waals surface area contributed by atoms with Crippen LogP contribution < -0.4 is 10.3 Å². The van der Waals surface area contributed by atoms with Crippen LogP contribution in [0.5, 0.6) is 0 Å². The number of halogens is 3. The highest BCUT2D eigenvalue weighted by Crippen LogP contribution is 2.19. The van der Waals surface area contributed by atoms with Crippen LogP contribution in [0.3, 0.4) is 0 Å². The summed E-state index contributed by atoms with van der Waals surface area (Å²) in [5.41, 5.74) is 2.12. The van der Waals surface area contributed by atoms with E-state index in [4.69, 9.17) is 23.2 Å². The van der Waals surface area contributed by atoms with Crippen molar-refractivity contribution in [2.24, 2.45) is 0 Å². The molecule has 9 heteroatoms. The molecule has 0 bridgehead atoms. The van der Waals surface area contributed by atoms with E-state index in [1.165, 1.54) is 12.1 Å². The highest BCUT2D eigenvalue weighted by Gasteiger charge is 2.18. The third kappa shape index (κ3) is 3.75. The lowest BCUT2D eigenvalue weighted by atomic mass is 10.2. The summed E-state index contributed by atoms with van der Waals surface area (Å²) in [5.74, 6) is -1.48. The van der Waals surface area contributed by atoms with Crippen molar-refractivity contribution in [3.8, 4) is 0 Å². The van der Waals surface area contributed by atoms with Crippen LogP contribution in [0.15, 0.2) is 47.4 Å². The number of hydrogen-bond donors (Lipinski definition) is 2. The van der Waals surface area contributed by atoms with Gasteiger partial charge >= 0.3 is 0 Å². The first-order valence-electron chi connectivity index (χ1n) is 5.83. The van der Waals surface area contributed by atoms with Gasteiger partial charge in [0, 0.05) is 0 Å². The Kier molecular flexibility index (Phi) is 5.02. The van der Waals surface area contributed by atoms with Crippen molar-refractivity contribution < 1.29 is 17.6 Å². The number of rotatable bonds is 4. The third-order valence-electron chi connectivity index (χ3n) is 2.62. The Bertz CT molecular complexity index is 828. The zero-order valence-corrected chi connectivity index (χ0v) is 13.1. The van der Waals surface area contributed by atoms with E-state index in [1.807, 2.05) is 10.3 Å². The van der Waals surface area contributed by atoms with Gasteiger partial charge < -0.3 is 0 Å². The van der Waals surface area contributed by atoms with Gasteiger partial charge in [-0.15, -0.1) is 4.83 Å². The molecule has 0 aliphatic carbocycles. The van der Waals surface area contributed by atoms with E-state index in [-0.39, 0.29) is 20.5 Å². The van der Waals surface area contributed by atoms with Crippen molar-refractivity contribution in [2.45, 2.75) is 4.90 Å². The highest BCUT2D eigenvalue weighted by molar-refractivity contribution is 7.89. The Morgan fingerprint density at radius 3 is 2.36 bits per heavy atom. The maximum Gasteiger partial charge on any atom is 0.267 e. The van der Waals surface area contributed by atoms with Gasteiger partial charge in [0.15, 0.2) is 0 Å². The van der Waals surface area contributed by atoms with E-state index in [2.05, 4.69) is 0 Å². The summed E-state index contributed by atoms with van der Waals surface area (Å²) in [5, 5.41) is -0.177. The standard InChI is InChI=1S/C13H9Cl2FN2O3S/c14-10-4-2-1-3-9(10)13(19)17-18-22(20,21)8-5-6-12(16)11(15)7-8/h1-7,18H,(H,17,19).